The maximum Gasteiger partial charge on any atom is 0.416 e. The van der Waals surface area contributed by atoms with Gasteiger partial charge in [0.2, 0.25) is 0 Å². The molecule has 18 heavy (non-hydrogen) atoms. The van der Waals surface area contributed by atoms with Gasteiger partial charge in [-0.15, -0.1) is 0 Å². The Labute approximate surface area is 103 Å². The van der Waals surface area contributed by atoms with Gasteiger partial charge in [0.05, 0.1) is 19.9 Å². The van der Waals surface area contributed by atoms with Gasteiger partial charge >= 0.3 is 12.4 Å². The second-order valence-corrected chi connectivity index (χ2v) is 6.49. The van der Waals surface area contributed by atoms with Crippen LogP contribution in [0.25, 0.3) is 0 Å². The van der Waals surface area contributed by atoms with E-state index in [9.17, 15) is 30.6 Å². The second kappa shape index (κ2) is 4.34. The van der Waals surface area contributed by atoms with E-state index in [1.54, 1.807) is 0 Å². The van der Waals surface area contributed by atoms with E-state index >= 15 is 0 Å². The molecular weight excluding hydrogens is 306 g/mol. The fourth-order valence-corrected chi connectivity index (χ4v) is 1.98. The predicted molar refractivity (Wildman–Crippen MR) is 55.8 cm³/mol. The van der Waals surface area contributed by atoms with Gasteiger partial charge in [-0.2, -0.15) is 26.3 Å². The lowest BCUT2D eigenvalue weighted by atomic mass is 10.1. The summed E-state index contributed by atoms with van der Waals surface area (Å²) < 4.78 is 85.7. The summed E-state index contributed by atoms with van der Waals surface area (Å²) in [7, 11) is 1.49. The summed E-state index contributed by atoms with van der Waals surface area (Å²) in [6.07, 6.45) is -10.0. The summed E-state index contributed by atoms with van der Waals surface area (Å²) in [5.74, 6) is 2.85. The first-order valence-electron chi connectivity index (χ1n) is 4.18. The highest BCUT2D eigenvalue weighted by atomic mass is 35.7. The van der Waals surface area contributed by atoms with Gasteiger partial charge in [0, 0.05) is 4.90 Å². The molecule has 0 spiro atoms. The molecule has 0 bridgehead atoms. The van der Waals surface area contributed by atoms with Crippen molar-refractivity contribution in [1.82, 2.24) is 0 Å². The van der Waals surface area contributed by atoms with E-state index in [0.29, 0.717) is 0 Å². The van der Waals surface area contributed by atoms with Crippen LogP contribution < -0.4 is 0 Å². The third-order valence-corrected chi connectivity index (χ3v) is 3.39. The lowest BCUT2D eigenvalue weighted by Gasteiger charge is -2.13. The molecule has 1 rings (SSSR count). The quantitative estimate of drug-likeness (QED) is 0.436. The molecule has 0 aliphatic carbocycles. The fourth-order valence-electron chi connectivity index (χ4n) is 1.10. The SMILES string of the molecule is C=S(=O)(Cl)c1cc(C(F)(F)F)cc(C(F)(F)F)c1. The number of hydrogen-bond donors (Lipinski definition) is 0. The van der Waals surface area contributed by atoms with Crippen LogP contribution in [-0.2, 0) is 21.1 Å². The van der Waals surface area contributed by atoms with Crippen LogP contribution in [0.1, 0.15) is 11.1 Å². The molecule has 0 amide bonds. The Morgan fingerprint density at radius 1 is 0.944 bits per heavy atom. The molecule has 0 aliphatic heterocycles. The minimum Gasteiger partial charge on any atom is -0.248 e. The van der Waals surface area contributed by atoms with Crippen molar-refractivity contribution in [3.8, 4) is 0 Å². The highest BCUT2D eigenvalue weighted by Gasteiger charge is 2.37. The highest BCUT2D eigenvalue weighted by Crippen LogP contribution is 2.37. The maximum atomic E-state index is 12.4. The summed E-state index contributed by atoms with van der Waals surface area (Å²) >= 11 is 0. The maximum absolute atomic E-state index is 12.4. The van der Waals surface area contributed by atoms with E-state index in [1.165, 1.54) is 0 Å². The Balaban J connectivity index is 3.60. The van der Waals surface area contributed by atoms with Crippen molar-refractivity contribution in [3.05, 3.63) is 29.3 Å². The number of halogens is 7. The van der Waals surface area contributed by atoms with E-state index < -0.39 is 37.1 Å². The van der Waals surface area contributed by atoms with Crippen LogP contribution in [0.4, 0.5) is 26.3 Å². The Hall–Kier alpha value is -0.890. The molecule has 1 aromatic rings. The summed E-state index contributed by atoms with van der Waals surface area (Å²) in [5.41, 5.74) is -3.16. The summed E-state index contributed by atoms with van der Waals surface area (Å²) in [6, 6.07) is 0.501. The van der Waals surface area contributed by atoms with Crippen molar-refractivity contribution in [2.45, 2.75) is 17.2 Å². The Kier molecular flexibility index (Phi) is 3.66. The topological polar surface area (TPSA) is 17.1 Å². The summed E-state index contributed by atoms with van der Waals surface area (Å²) in [5, 5.41) is 0. The van der Waals surface area contributed by atoms with Crippen molar-refractivity contribution in [3.63, 3.8) is 0 Å². The molecular formula is C9H5ClF6OS. The number of hydrogen-bond acceptors (Lipinski definition) is 1. The van der Waals surface area contributed by atoms with Gasteiger partial charge in [0.1, 0.15) is 0 Å². The third kappa shape index (κ3) is 3.55. The molecule has 0 saturated carbocycles. The fraction of sp³-hybridized carbons (Fsp3) is 0.222. The molecule has 0 saturated heterocycles. The van der Waals surface area contributed by atoms with Crippen molar-refractivity contribution in [1.29, 1.82) is 0 Å². The third-order valence-electron chi connectivity index (χ3n) is 1.91. The molecule has 0 aromatic heterocycles. The minimum absolute atomic E-state index is 0.0778. The molecule has 9 heteroatoms. The van der Waals surface area contributed by atoms with Crippen molar-refractivity contribution >= 4 is 25.3 Å². The van der Waals surface area contributed by atoms with E-state index in [2.05, 4.69) is 5.87 Å². The van der Waals surface area contributed by atoms with E-state index in [4.69, 9.17) is 10.7 Å². The van der Waals surface area contributed by atoms with Crippen LogP contribution in [0, 0.1) is 0 Å². The average molecular weight is 311 g/mol. The smallest absolute Gasteiger partial charge is 0.248 e. The summed E-state index contributed by atoms with van der Waals surface area (Å²) in [6.45, 7) is 0. The van der Waals surface area contributed by atoms with Crippen LogP contribution in [0.2, 0.25) is 0 Å². The molecule has 0 heterocycles. The van der Waals surface area contributed by atoms with Gasteiger partial charge in [-0.05, 0) is 34.8 Å². The molecule has 0 fully saturated rings. The number of benzene rings is 1. The molecule has 1 unspecified atom stereocenters. The molecule has 102 valence electrons. The Bertz CT molecular complexity index is 525. The Morgan fingerprint density at radius 2 is 1.28 bits per heavy atom. The predicted octanol–water partition coefficient (Wildman–Crippen LogP) is 3.95. The van der Waals surface area contributed by atoms with E-state index in [-0.39, 0.29) is 18.2 Å². The minimum atomic E-state index is -5.00. The Morgan fingerprint density at radius 3 is 1.50 bits per heavy atom. The molecule has 1 atom stereocenters. The number of rotatable bonds is 1. The first kappa shape index (κ1) is 15.2. The van der Waals surface area contributed by atoms with Crippen molar-refractivity contribution in [2.24, 2.45) is 0 Å². The van der Waals surface area contributed by atoms with Crippen LogP contribution >= 0.6 is 10.7 Å². The van der Waals surface area contributed by atoms with Crippen LogP contribution in [0.5, 0.6) is 0 Å². The monoisotopic (exact) mass is 310 g/mol. The van der Waals surface area contributed by atoms with Crippen LogP contribution in [-0.4, -0.2) is 10.1 Å². The van der Waals surface area contributed by atoms with E-state index in [0.717, 1.165) is 0 Å². The van der Waals surface area contributed by atoms with Gasteiger partial charge in [-0.1, -0.05) is 0 Å². The molecule has 0 N–H and O–H groups in total. The zero-order chi connectivity index (χ0) is 14.4. The average Bonchev–Trinajstić information content (AvgIpc) is 2.13. The zero-order valence-electron chi connectivity index (χ0n) is 8.40. The zero-order valence-corrected chi connectivity index (χ0v) is 9.97. The van der Waals surface area contributed by atoms with Crippen molar-refractivity contribution in [2.75, 3.05) is 0 Å². The van der Waals surface area contributed by atoms with Crippen LogP contribution in [0.3, 0.4) is 0 Å². The lowest BCUT2D eigenvalue weighted by molar-refractivity contribution is -0.143. The summed E-state index contributed by atoms with van der Waals surface area (Å²) in [4.78, 5) is -0.814. The number of alkyl halides is 6. The molecule has 1 aromatic carbocycles. The largest absolute Gasteiger partial charge is 0.416 e. The van der Waals surface area contributed by atoms with Gasteiger partial charge in [0.15, 0.2) is 0 Å². The van der Waals surface area contributed by atoms with Gasteiger partial charge in [0.25, 0.3) is 0 Å². The second-order valence-electron chi connectivity index (χ2n) is 3.34. The molecule has 1 nitrogen and oxygen atoms in total. The van der Waals surface area contributed by atoms with Gasteiger partial charge in [-0.3, -0.25) is 0 Å². The highest BCUT2D eigenvalue weighted by molar-refractivity contribution is 8.21. The van der Waals surface area contributed by atoms with E-state index in [1.807, 2.05) is 0 Å². The standard InChI is InChI=1S/C9H5ClF6OS/c1-18(10,17)7-3-5(8(11,12)13)2-6(4-7)9(14,15)16/h2-4H,1H2. The van der Waals surface area contributed by atoms with Gasteiger partial charge in [-0.25, -0.2) is 4.21 Å². The van der Waals surface area contributed by atoms with Crippen molar-refractivity contribution < 1.29 is 30.6 Å². The normalized spacial score (nSPS) is 16.4. The first-order chi connectivity index (χ1) is 7.82. The molecule has 0 radical (unpaired) electrons. The first-order valence-corrected chi connectivity index (χ1v) is 6.73. The van der Waals surface area contributed by atoms with Gasteiger partial charge < -0.3 is 0 Å². The van der Waals surface area contributed by atoms with Crippen LogP contribution in [0.15, 0.2) is 23.1 Å². The lowest BCUT2D eigenvalue weighted by Crippen LogP contribution is -2.12. The molecule has 0 aliphatic rings.